The van der Waals surface area contributed by atoms with E-state index >= 15 is 0 Å². The zero-order valence-corrected chi connectivity index (χ0v) is 29.9. The molecule has 3 heteroatoms. The molecule has 0 N–H and O–H groups in total. The van der Waals surface area contributed by atoms with Gasteiger partial charge >= 0.3 is 0 Å². The normalized spacial score (nSPS) is 13.5. The van der Waals surface area contributed by atoms with Crippen LogP contribution in [0.2, 0.25) is 0 Å². The quantitative estimate of drug-likeness (QED) is 0.137. The van der Waals surface area contributed by atoms with Crippen LogP contribution in [0.25, 0.3) is 104 Å². The van der Waals surface area contributed by atoms with Crippen LogP contribution >= 0.6 is 0 Å². The average Bonchev–Trinajstić information content (AvgIpc) is 3.75. The Morgan fingerprint density at radius 2 is 1.17 bits per heavy atom. The average molecular weight is 688 g/mol. The second kappa shape index (κ2) is 10.6. The minimum Gasteiger partial charge on any atom is -0.291 e. The third-order valence-electron chi connectivity index (χ3n) is 12.2. The second-order valence-electron chi connectivity index (χ2n) is 15.4. The first-order valence-electron chi connectivity index (χ1n) is 18.7. The smallest absolute Gasteiger partial charge is 0.234 e. The summed E-state index contributed by atoms with van der Waals surface area (Å²) in [5.41, 5.74) is 12.3. The molecule has 0 radical (unpaired) electrons. The fraction of sp³-hybridized carbons (Fsp3) is 0.0588. The van der Waals surface area contributed by atoms with Gasteiger partial charge in [0.2, 0.25) is 5.78 Å². The van der Waals surface area contributed by atoms with Crippen molar-refractivity contribution in [3.05, 3.63) is 175 Å². The van der Waals surface area contributed by atoms with Crippen LogP contribution in [0.3, 0.4) is 0 Å². The van der Waals surface area contributed by atoms with Gasteiger partial charge in [-0.05, 0) is 117 Å². The van der Waals surface area contributed by atoms with Crippen molar-refractivity contribution in [1.82, 2.24) is 14.4 Å². The lowest BCUT2D eigenvalue weighted by molar-refractivity contribution is 0.661. The molecule has 252 valence electrons. The highest BCUT2D eigenvalue weighted by atomic mass is 15.1. The predicted molar refractivity (Wildman–Crippen MR) is 226 cm³/mol. The predicted octanol–water partition coefficient (Wildman–Crippen LogP) is 13.2. The fourth-order valence-corrected chi connectivity index (χ4v) is 9.70. The first-order chi connectivity index (χ1) is 26.5. The van der Waals surface area contributed by atoms with Gasteiger partial charge in [-0.25, -0.2) is 9.97 Å². The number of fused-ring (bicyclic) bond motifs is 6. The van der Waals surface area contributed by atoms with E-state index in [1.54, 1.807) is 6.20 Å². The highest BCUT2D eigenvalue weighted by molar-refractivity contribution is 6.29. The maximum atomic E-state index is 4.81. The zero-order chi connectivity index (χ0) is 35.7. The van der Waals surface area contributed by atoms with Crippen molar-refractivity contribution in [2.45, 2.75) is 19.3 Å². The fourth-order valence-electron chi connectivity index (χ4n) is 9.70. The summed E-state index contributed by atoms with van der Waals surface area (Å²) in [5.74, 6) is 0.702. The van der Waals surface area contributed by atoms with Gasteiger partial charge < -0.3 is 0 Å². The Bertz CT molecular complexity index is 3300. The van der Waals surface area contributed by atoms with Crippen molar-refractivity contribution in [2.75, 3.05) is 0 Å². The van der Waals surface area contributed by atoms with Gasteiger partial charge in [-0.3, -0.25) is 4.40 Å². The molecule has 9 aromatic carbocycles. The van der Waals surface area contributed by atoms with E-state index in [-0.39, 0.29) is 5.41 Å². The van der Waals surface area contributed by atoms with Gasteiger partial charge in [0, 0.05) is 29.6 Å². The lowest BCUT2D eigenvalue weighted by Crippen LogP contribution is -2.14. The number of hydrogen-bond donors (Lipinski definition) is 0. The van der Waals surface area contributed by atoms with Gasteiger partial charge in [0.25, 0.3) is 0 Å². The first-order valence-corrected chi connectivity index (χ1v) is 18.7. The third kappa shape index (κ3) is 3.96. The Kier molecular flexibility index (Phi) is 5.84. The van der Waals surface area contributed by atoms with E-state index in [4.69, 9.17) is 4.98 Å². The molecule has 2 heterocycles. The summed E-state index contributed by atoms with van der Waals surface area (Å²) < 4.78 is 1.97. The van der Waals surface area contributed by atoms with E-state index in [1.165, 1.54) is 98.4 Å². The monoisotopic (exact) mass is 687 g/mol. The van der Waals surface area contributed by atoms with Crippen molar-refractivity contribution in [1.29, 1.82) is 0 Å². The molecule has 0 saturated carbocycles. The minimum atomic E-state index is -0.128. The van der Waals surface area contributed by atoms with Gasteiger partial charge in [0.05, 0.1) is 5.69 Å². The summed E-state index contributed by atoms with van der Waals surface area (Å²) in [6, 6.07) is 54.5. The topological polar surface area (TPSA) is 30.2 Å². The molecule has 54 heavy (non-hydrogen) atoms. The van der Waals surface area contributed by atoms with Crippen LogP contribution in [0.15, 0.2) is 164 Å². The molecule has 11 aromatic rings. The van der Waals surface area contributed by atoms with Crippen molar-refractivity contribution in [3.8, 4) is 44.6 Å². The number of benzene rings is 9. The molecule has 12 rings (SSSR count). The number of imidazole rings is 1. The molecule has 3 nitrogen and oxygen atoms in total. The molecule has 1 aliphatic carbocycles. The van der Waals surface area contributed by atoms with Crippen LogP contribution < -0.4 is 0 Å². The molecule has 0 fully saturated rings. The lowest BCUT2D eigenvalue weighted by atomic mass is 9.79. The molecule has 0 saturated heterocycles. The van der Waals surface area contributed by atoms with Gasteiger partial charge in [-0.15, -0.1) is 0 Å². The van der Waals surface area contributed by atoms with Crippen molar-refractivity contribution >= 4 is 59.6 Å². The van der Waals surface area contributed by atoms with E-state index in [0.29, 0.717) is 5.78 Å². The molecule has 1 aliphatic rings. The van der Waals surface area contributed by atoms with Gasteiger partial charge in [-0.1, -0.05) is 141 Å². The lowest BCUT2D eigenvalue weighted by Gasteiger charge is -2.24. The van der Waals surface area contributed by atoms with Gasteiger partial charge in [0.15, 0.2) is 0 Å². The van der Waals surface area contributed by atoms with E-state index in [2.05, 4.69) is 165 Å². The highest BCUT2D eigenvalue weighted by Crippen LogP contribution is 2.54. The Morgan fingerprint density at radius 3 is 1.98 bits per heavy atom. The summed E-state index contributed by atoms with van der Waals surface area (Å²) in [5, 5.41) is 12.9. The molecule has 0 aliphatic heterocycles. The summed E-state index contributed by atoms with van der Waals surface area (Å²) in [4.78, 5) is 9.26. The van der Waals surface area contributed by atoms with Crippen molar-refractivity contribution in [2.24, 2.45) is 0 Å². The van der Waals surface area contributed by atoms with Crippen LogP contribution in [0.1, 0.15) is 25.0 Å². The molecule has 0 bridgehead atoms. The molecule has 0 spiro atoms. The second-order valence-corrected chi connectivity index (χ2v) is 15.4. The molecule has 2 aromatic heterocycles. The Hall–Kier alpha value is -6.84. The maximum Gasteiger partial charge on any atom is 0.234 e. The molecule has 0 atom stereocenters. The van der Waals surface area contributed by atoms with E-state index in [1.807, 2.05) is 16.7 Å². The summed E-state index contributed by atoms with van der Waals surface area (Å²) in [6.45, 7) is 4.76. The highest BCUT2D eigenvalue weighted by Gasteiger charge is 2.36. The standard InChI is InChI=1S/C51H33N3/c1-51(2)43-14-6-5-11-35(43)40-27-41-42(28-44(40)51)47(33-17-15-30(16-18-33)45-29-54-26-8-25-52-50(54)53-45)36-12-3-4-13-37(36)49(41)39-24-22-34-20-19-31-9-7-10-32-21-23-38(39)48(34)46(31)32/h3-29H,1-2H3. The Morgan fingerprint density at radius 1 is 0.481 bits per heavy atom. The first kappa shape index (κ1) is 29.7. The molecular weight excluding hydrogens is 655 g/mol. The van der Waals surface area contributed by atoms with E-state index < -0.39 is 0 Å². The number of hydrogen-bond acceptors (Lipinski definition) is 2. The van der Waals surface area contributed by atoms with Gasteiger partial charge in [-0.2, -0.15) is 0 Å². The summed E-state index contributed by atoms with van der Waals surface area (Å²) >= 11 is 0. The largest absolute Gasteiger partial charge is 0.291 e. The van der Waals surface area contributed by atoms with Crippen molar-refractivity contribution < 1.29 is 0 Å². The number of rotatable bonds is 3. The molecule has 0 unspecified atom stereocenters. The molecular formula is C51H33N3. The van der Waals surface area contributed by atoms with Crippen LogP contribution in [-0.2, 0) is 5.41 Å². The van der Waals surface area contributed by atoms with Crippen LogP contribution in [-0.4, -0.2) is 14.4 Å². The minimum absolute atomic E-state index is 0.128. The van der Waals surface area contributed by atoms with Gasteiger partial charge in [0.1, 0.15) is 0 Å². The number of aromatic nitrogens is 3. The molecule has 0 amide bonds. The number of nitrogens with zero attached hydrogens (tertiary/aromatic N) is 3. The summed E-state index contributed by atoms with van der Waals surface area (Å²) in [6.07, 6.45) is 5.83. The zero-order valence-electron chi connectivity index (χ0n) is 29.9. The van der Waals surface area contributed by atoms with Crippen LogP contribution in [0.5, 0.6) is 0 Å². The Labute approximate surface area is 312 Å². The maximum absolute atomic E-state index is 4.81. The third-order valence-corrected chi connectivity index (χ3v) is 12.2. The Balaban J connectivity index is 1.19. The van der Waals surface area contributed by atoms with Crippen LogP contribution in [0.4, 0.5) is 0 Å². The summed E-state index contributed by atoms with van der Waals surface area (Å²) in [7, 11) is 0. The van der Waals surface area contributed by atoms with E-state index in [0.717, 1.165) is 11.3 Å². The van der Waals surface area contributed by atoms with Crippen molar-refractivity contribution in [3.63, 3.8) is 0 Å². The SMILES string of the molecule is CC1(C)c2ccccc2-c2cc3c(-c4ccc5ccc6cccc7ccc4c5c67)c4ccccc4c(-c4ccc(-c5cn6cccnc6n5)cc4)c3cc21. The van der Waals surface area contributed by atoms with E-state index in [9.17, 15) is 0 Å². The van der Waals surface area contributed by atoms with Crippen LogP contribution in [0, 0.1) is 0 Å².